The molecule has 0 aliphatic heterocycles. The highest BCUT2D eigenvalue weighted by atomic mass is 14.1. The Kier molecular flexibility index (Phi) is 8.07. The van der Waals surface area contributed by atoms with Gasteiger partial charge >= 0.3 is 0 Å². The zero-order valence-corrected chi connectivity index (χ0v) is 12.5. The molecule has 0 heteroatoms. The van der Waals surface area contributed by atoms with Crippen LogP contribution in [0.3, 0.4) is 0 Å². The first-order valence-electron chi connectivity index (χ1n) is 7.82. The van der Waals surface area contributed by atoms with Gasteiger partial charge in [0.05, 0.1) is 0 Å². The van der Waals surface area contributed by atoms with E-state index in [1.54, 1.807) is 0 Å². The van der Waals surface area contributed by atoms with Crippen molar-refractivity contribution in [3.05, 3.63) is 41.8 Å². The normalized spacial score (nSPS) is 12.1. The molecule has 0 bridgehead atoms. The average molecular weight is 255 g/mol. The second kappa shape index (κ2) is 9.68. The summed E-state index contributed by atoms with van der Waals surface area (Å²) in [5.74, 6) is 2.87. The number of rotatable bonds is 9. The van der Waals surface area contributed by atoms with Gasteiger partial charge in [-0.15, -0.1) is 0 Å². The maximum Gasteiger partial charge on any atom is 0.0462 e. The largest absolute Gasteiger partial charge is 0.0809 e. The lowest BCUT2D eigenvalue weighted by Gasteiger charge is -2.11. The van der Waals surface area contributed by atoms with E-state index in [0.29, 0.717) is 0 Å². The zero-order valence-electron chi connectivity index (χ0n) is 12.5. The van der Waals surface area contributed by atoms with Crippen molar-refractivity contribution in [1.29, 1.82) is 0 Å². The van der Waals surface area contributed by atoms with Gasteiger partial charge in [-0.3, -0.25) is 0 Å². The number of unbranched alkanes of at least 4 members (excludes halogenated alkanes) is 4. The zero-order chi connectivity index (χ0) is 13.9. The lowest BCUT2D eigenvalue weighted by molar-refractivity contribution is 0.665. The van der Waals surface area contributed by atoms with Gasteiger partial charge in [0.15, 0.2) is 0 Å². The van der Waals surface area contributed by atoms with Crippen molar-refractivity contribution < 1.29 is 0 Å². The minimum Gasteiger partial charge on any atom is -0.0809 e. The van der Waals surface area contributed by atoms with E-state index in [1.807, 2.05) is 0 Å². The van der Waals surface area contributed by atoms with Gasteiger partial charge in [-0.2, -0.15) is 0 Å². The third-order valence-corrected chi connectivity index (χ3v) is 3.72. The molecular weight excluding hydrogens is 228 g/mol. The Morgan fingerprint density at radius 3 is 2.21 bits per heavy atom. The van der Waals surface area contributed by atoms with E-state index in [9.17, 15) is 0 Å². The number of benzene rings is 1. The molecule has 0 N–H and O–H groups in total. The van der Waals surface area contributed by atoms with Crippen LogP contribution in [0.25, 0.3) is 0 Å². The van der Waals surface area contributed by atoms with E-state index in [1.165, 1.54) is 56.1 Å². The standard InChI is InChI=1S/C19H27/c1-4-7-9-10-11-17-13-15-19(16-14-17)18(6-3)12-8-5-2/h13-16,18H,4-5,7-12H2,1-2H3. The summed E-state index contributed by atoms with van der Waals surface area (Å²) in [6.07, 6.45) is 17.3. The molecule has 1 radical (unpaired) electrons. The van der Waals surface area contributed by atoms with Crippen molar-refractivity contribution >= 4 is 0 Å². The Hall–Kier alpha value is -1.22. The number of aryl methyl sites for hydroxylation is 1. The van der Waals surface area contributed by atoms with Gasteiger partial charge in [0, 0.05) is 5.92 Å². The Morgan fingerprint density at radius 1 is 0.947 bits per heavy atom. The molecule has 0 aromatic heterocycles. The molecule has 19 heavy (non-hydrogen) atoms. The molecule has 0 fully saturated rings. The average Bonchev–Trinajstić information content (AvgIpc) is 2.46. The molecule has 0 amide bonds. The molecule has 1 atom stereocenters. The summed E-state index contributed by atoms with van der Waals surface area (Å²) >= 11 is 0. The molecule has 103 valence electrons. The van der Waals surface area contributed by atoms with Crippen LogP contribution in [0.5, 0.6) is 0 Å². The molecular formula is C19H27. The van der Waals surface area contributed by atoms with Gasteiger partial charge in [-0.25, -0.2) is 0 Å². The second-order valence-electron chi connectivity index (χ2n) is 5.39. The summed E-state index contributed by atoms with van der Waals surface area (Å²) in [6, 6.07) is 8.85. The smallest absolute Gasteiger partial charge is 0.0462 e. The van der Waals surface area contributed by atoms with E-state index in [-0.39, 0.29) is 5.92 Å². The van der Waals surface area contributed by atoms with E-state index in [4.69, 9.17) is 6.42 Å². The van der Waals surface area contributed by atoms with Gasteiger partial charge in [0.25, 0.3) is 0 Å². The van der Waals surface area contributed by atoms with Crippen LogP contribution < -0.4 is 0 Å². The van der Waals surface area contributed by atoms with Gasteiger partial charge < -0.3 is 0 Å². The van der Waals surface area contributed by atoms with Crippen LogP contribution in [-0.2, 0) is 6.42 Å². The minimum absolute atomic E-state index is 0.189. The first-order valence-corrected chi connectivity index (χ1v) is 7.82. The summed E-state index contributed by atoms with van der Waals surface area (Å²) in [7, 11) is 0. The van der Waals surface area contributed by atoms with Crippen molar-refractivity contribution in [1.82, 2.24) is 0 Å². The fourth-order valence-electron chi connectivity index (χ4n) is 2.40. The van der Waals surface area contributed by atoms with Crippen molar-refractivity contribution in [2.24, 2.45) is 0 Å². The fourth-order valence-corrected chi connectivity index (χ4v) is 2.40. The maximum atomic E-state index is 7.44. The molecule has 0 saturated heterocycles. The first kappa shape index (κ1) is 15.8. The van der Waals surface area contributed by atoms with Gasteiger partial charge in [0.1, 0.15) is 0 Å². The number of hydrogen-bond acceptors (Lipinski definition) is 0. The lowest BCUT2D eigenvalue weighted by Crippen LogP contribution is -1.96. The molecule has 0 spiro atoms. The molecule has 1 aromatic rings. The lowest BCUT2D eigenvalue weighted by atomic mass is 9.93. The van der Waals surface area contributed by atoms with Crippen molar-refractivity contribution in [2.45, 2.75) is 71.1 Å². The van der Waals surface area contributed by atoms with Crippen LogP contribution in [0.1, 0.15) is 75.8 Å². The summed E-state index contributed by atoms with van der Waals surface area (Å²) in [6.45, 7) is 4.44. The Balaban J connectivity index is 2.48. The van der Waals surface area contributed by atoms with Gasteiger partial charge in [0.2, 0.25) is 0 Å². The number of hydrogen-bond donors (Lipinski definition) is 0. The van der Waals surface area contributed by atoms with Crippen LogP contribution >= 0.6 is 0 Å². The third kappa shape index (κ3) is 5.97. The van der Waals surface area contributed by atoms with Crippen LogP contribution in [0.4, 0.5) is 0 Å². The maximum absolute atomic E-state index is 7.44. The highest BCUT2D eigenvalue weighted by Crippen LogP contribution is 2.22. The summed E-state index contributed by atoms with van der Waals surface area (Å²) < 4.78 is 0. The predicted octanol–water partition coefficient (Wildman–Crippen LogP) is 5.67. The van der Waals surface area contributed by atoms with Crippen molar-refractivity contribution in [3.8, 4) is 5.92 Å². The highest BCUT2D eigenvalue weighted by molar-refractivity contribution is 5.29. The quantitative estimate of drug-likeness (QED) is 0.394. The van der Waals surface area contributed by atoms with Crippen molar-refractivity contribution in [2.75, 3.05) is 0 Å². The molecule has 0 aliphatic rings. The van der Waals surface area contributed by atoms with E-state index >= 15 is 0 Å². The SMILES string of the molecule is [C]#CC(CCCC)c1ccc(CCCCCC)cc1. The molecule has 1 aromatic carbocycles. The third-order valence-electron chi connectivity index (χ3n) is 3.72. The van der Waals surface area contributed by atoms with Crippen LogP contribution in [0.2, 0.25) is 0 Å². The van der Waals surface area contributed by atoms with Crippen LogP contribution in [0.15, 0.2) is 24.3 Å². The monoisotopic (exact) mass is 255 g/mol. The Labute approximate surface area is 119 Å². The molecule has 1 unspecified atom stereocenters. The van der Waals surface area contributed by atoms with Crippen LogP contribution in [-0.4, -0.2) is 0 Å². The van der Waals surface area contributed by atoms with Crippen molar-refractivity contribution in [3.63, 3.8) is 0 Å². The topological polar surface area (TPSA) is 0 Å². The molecule has 1 rings (SSSR count). The highest BCUT2D eigenvalue weighted by Gasteiger charge is 2.07. The van der Waals surface area contributed by atoms with E-state index in [2.05, 4.69) is 44.0 Å². The molecule has 0 nitrogen and oxygen atoms in total. The Bertz CT molecular complexity index is 366. The van der Waals surface area contributed by atoms with Gasteiger partial charge in [-0.05, 0) is 36.8 Å². The van der Waals surface area contributed by atoms with E-state index in [0.717, 1.165) is 6.42 Å². The molecule has 0 heterocycles. The van der Waals surface area contributed by atoms with E-state index < -0.39 is 0 Å². The summed E-state index contributed by atoms with van der Waals surface area (Å²) in [5, 5.41) is 0. The van der Waals surface area contributed by atoms with Gasteiger partial charge in [-0.1, -0.05) is 76.1 Å². The summed E-state index contributed by atoms with van der Waals surface area (Å²) in [4.78, 5) is 0. The first-order chi connectivity index (χ1) is 9.31. The Morgan fingerprint density at radius 2 is 1.63 bits per heavy atom. The summed E-state index contributed by atoms with van der Waals surface area (Å²) in [5.41, 5.74) is 2.68. The molecule has 0 aliphatic carbocycles. The minimum atomic E-state index is 0.189. The van der Waals surface area contributed by atoms with Crippen LogP contribution in [0, 0.1) is 12.3 Å². The fraction of sp³-hybridized carbons (Fsp3) is 0.579. The predicted molar refractivity (Wildman–Crippen MR) is 83.7 cm³/mol. The second-order valence-corrected chi connectivity index (χ2v) is 5.39. The molecule has 0 saturated carbocycles.